The van der Waals surface area contributed by atoms with Crippen LogP contribution in [0.5, 0.6) is 5.75 Å². The van der Waals surface area contributed by atoms with Gasteiger partial charge in [-0.2, -0.15) is 0 Å². The first kappa shape index (κ1) is 22.8. The Hall–Kier alpha value is -2.85. The van der Waals surface area contributed by atoms with Crippen molar-refractivity contribution in [3.05, 3.63) is 40.8 Å². The van der Waals surface area contributed by atoms with Crippen molar-refractivity contribution in [1.82, 2.24) is 14.8 Å². The molecular formula is C21H24N4O4S2. The number of rotatable bonds is 9. The second-order valence-electron chi connectivity index (χ2n) is 6.45. The third-order valence-electron chi connectivity index (χ3n) is 4.20. The molecule has 0 radical (unpaired) electrons. The number of amides is 1. The van der Waals surface area contributed by atoms with E-state index in [0.29, 0.717) is 28.2 Å². The number of aromatic nitrogens is 3. The fourth-order valence-electron chi connectivity index (χ4n) is 2.87. The zero-order valence-corrected chi connectivity index (χ0v) is 19.4. The molecule has 8 nitrogen and oxygen atoms in total. The zero-order chi connectivity index (χ0) is 22.4. The summed E-state index contributed by atoms with van der Waals surface area (Å²) in [5.41, 5.74) is 1.21. The Kier molecular flexibility index (Phi) is 7.69. The van der Waals surface area contributed by atoms with Gasteiger partial charge in [-0.1, -0.05) is 23.9 Å². The third kappa shape index (κ3) is 5.45. The summed E-state index contributed by atoms with van der Waals surface area (Å²) in [5.74, 6) is 0.829. The lowest BCUT2D eigenvalue weighted by molar-refractivity contribution is -0.113. The van der Waals surface area contributed by atoms with Crippen molar-refractivity contribution in [2.24, 2.45) is 7.05 Å². The highest BCUT2D eigenvalue weighted by atomic mass is 32.2. The molecule has 0 unspecified atom stereocenters. The molecule has 0 bridgehead atoms. The van der Waals surface area contributed by atoms with Gasteiger partial charge in [0.1, 0.15) is 10.8 Å². The summed E-state index contributed by atoms with van der Waals surface area (Å²) in [5, 5.41) is 12.4. The Morgan fingerprint density at radius 1 is 1.19 bits per heavy atom. The Balaban J connectivity index is 1.68. The highest BCUT2D eigenvalue weighted by Gasteiger charge is 2.19. The van der Waals surface area contributed by atoms with E-state index in [4.69, 9.17) is 9.47 Å². The number of ether oxygens (including phenoxy) is 2. The third-order valence-corrected chi connectivity index (χ3v) is 6.18. The van der Waals surface area contributed by atoms with Crippen LogP contribution in [0.3, 0.4) is 0 Å². The lowest BCUT2D eigenvalue weighted by Gasteiger charge is -2.09. The van der Waals surface area contributed by atoms with Gasteiger partial charge in [0.05, 0.1) is 30.1 Å². The summed E-state index contributed by atoms with van der Waals surface area (Å²) in [6.07, 6.45) is 0. The normalized spacial score (nSPS) is 10.7. The highest BCUT2D eigenvalue weighted by Crippen LogP contribution is 2.31. The molecule has 2 aromatic heterocycles. The first-order chi connectivity index (χ1) is 14.9. The van der Waals surface area contributed by atoms with Gasteiger partial charge >= 0.3 is 5.97 Å². The number of thiophene rings is 1. The van der Waals surface area contributed by atoms with E-state index in [2.05, 4.69) is 15.5 Å². The number of esters is 1. The Morgan fingerprint density at radius 2 is 1.97 bits per heavy atom. The van der Waals surface area contributed by atoms with Gasteiger partial charge in [0.15, 0.2) is 11.0 Å². The average Bonchev–Trinajstić information content (AvgIpc) is 3.29. The molecule has 164 valence electrons. The van der Waals surface area contributed by atoms with Gasteiger partial charge in [-0.3, -0.25) is 4.79 Å². The van der Waals surface area contributed by atoms with Gasteiger partial charge < -0.3 is 19.4 Å². The van der Waals surface area contributed by atoms with Crippen LogP contribution in [-0.4, -0.2) is 45.6 Å². The summed E-state index contributed by atoms with van der Waals surface area (Å²) in [6, 6.07) is 9.35. The molecule has 2 heterocycles. The van der Waals surface area contributed by atoms with Crippen molar-refractivity contribution in [3.8, 4) is 17.1 Å². The van der Waals surface area contributed by atoms with Crippen molar-refractivity contribution < 1.29 is 19.1 Å². The van der Waals surface area contributed by atoms with Gasteiger partial charge in [-0.15, -0.1) is 21.5 Å². The Morgan fingerprint density at radius 3 is 2.71 bits per heavy atom. The van der Waals surface area contributed by atoms with Gasteiger partial charge in [-0.05, 0) is 39.0 Å². The molecule has 0 spiro atoms. The predicted molar refractivity (Wildman–Crippen MR) is 122 cm³/mol. The number of para-hydroxylation sites is 1. The van der Waals surface area contributed by atoms with E-state index >= 15 is 0 Å². The molecule has 1 aromatic carbocycles. The number of carbonyl (C=O) groups is 2. The van der Waals surface area contributed by atoms with E-state index in [1.807, 2.05) is 49.7 Å². The molecule has 3 rings (SSSR count). The van der Waals surface area contributed by atoms with Crippen LogP contribution in [0, 0.1) is 6.92 Å². The maximum Gasteiger partial charge on any atom is 0.341 e. The number of carbonyl (C=O) groups excluding carboxylic acids is 2. The van der Waals surface area contributed by atoms with E-state index in [1.165, 1.54) is 23.1 Å². The van der Waals surface area contributed by atoms with Gasteiger partial charge in [-0.25, -0.2) is 4.79 Å². The molecule has 0 saturated carbocycles. The number of nitrogens with one attached hydrogen (secondary N) is 1. The Labute approximate surface area is 189 Å². The summed E-state index contributed by atoms with van der Waals surface area (Å²) < 4.78 is 12.6. The van der Waals surface area contributed by atoms with E-state index < -0.39 is 5.97 Å². The fourth-order valence-corrected chi connectivity index (χ4v) is 4.50. The molecule has 31 heavy (non-hydrogen) atoms. The second-order valence-corrected chi connectivity index (χ2v) is 8.65. The molecule has 1 N–H and O–H groups in total. The standard InChI is InChI=1S/C21H24N4O4S2/c1-5-28-16-10-8-7-9-14(16)18-23-24-21(25(18)4)30-12-17(26)22-19-15(11-13(3)31-19)20(27)29-6-2/h7-11H,5-6,12H2,1-4H3,(H,22,26). The summed E-state index contributed by atoms with van der Waals surface area (Å²) in [6.45, 7) is 6.37. The SMILES string of the molecule is CCOC(=O)c1cc(C)sc1NC(=O)CSc1nnc(-c2ccccc2OCC)n1C. The molecule has 10 heteroatoms. The lowest BCUT2D eigenvalue weighted by Crippen LogP contribution is -2.16. The number of benzene rings is 1. The molecule has 0 atom stereocenters. The minimum absolute atomic E-state index is 0.123. The average molecular weight is 461 g/mol. The van der Waals surface area contributed by atoms with Crippen molar-refractivity contribution in [2.45, 2.75) is 25.9 Å². The van der Waals surface area contributed by atoms with Gasteiger partial charge in [0.2, 0.25) is 5.91 Å². The summed E-state index contributed by atoms with van der Waals surface area (Å²) >= 11 is 2.61. The van der Waals surface area contributed by atoms with Crippen molar-refractivity contribution in [3.63, 3.8) is 0 Å². The minimum atomic E-state index is -0.444. The first-order valence-corrected chi connectivity index (χ1v) is 11.6. The summed E-state index contributed by atoms with van der Waals surface area (Å²) in [4.78, 5) is 25.5. The largest absolute Gasteiger partial charge is 0.493 e. The maximum absolute atomic E-state index is 12.5. The minimum Gasteiger partial charge on any atom is -0.493 e. The van der Waals surface area contributed by atoms with Gasteiger partial charge in [0.25, 0.3) is 0 Å². The molecule has 0 saturated heterocycles. The van der Waals surface area contributed by atoms with Crippen molar-refractivity contribution >= 4 is 40.0 Å². The molecule has 1 amide bonds. The van der Waals surface area contributed by atoms with Crippen LogP contribution in [0.4, 0.5) is 5.00 Å². The molecular weight excluding hydrogens is 436 g/mol. The molecule has 0 fully saturated rings. The number of thioether (sulfide) groups is 1. The smallest absolute Gasteiger partial charge is 0.341 e. The van der Waals surface area contributed by atoms with Gasteiger partial charge in [0, 0.05) is 11.9 Å². The van der Waals surface area contributed by atoms with Crippen LogP contribution >= 0.6 is 23.1 Å². The molecule has 0 aliphatic rings. The number of aryl methyl sites for hydroxylation is 1. The number of anilines is 1. The maximum atomic E-state index is 12.5. The Bertz CT molecular complexity index is 1080. The van der Waals surface area contributed by atoms with Crippen LogP contribution in [-0.2, 0) is 16.6 Å². The monoisotopic (exact) mass is 460 g/mol. The van der Waals surface area contributed by atoms with E-state index in [0.717, 1.165) is 16.2 Å². The highest BCUT2D eigenvalue weighted by molar-refractivity contribution is 7.99. The topological polar surface area (TPSA) is 95.3 Å². The first-order valence-electron chi connectivity index (χ1n) is 9.76. The van der Waals surface area contributed by atoms with Crippen LogP contribution in [0.25, 0.3) is 11.4 Å². The number of hydrogen-bond acceptors (Lipinski definition) is 8. The zero-order valence-electron chi connectivity index (χ0n) is 17.8. The van der Waals surface area contributed by atoms with E-state index in [9.17, 15) is 9.59 Å². The quantitative estimate of drug-likeness (QED) is 0.378. The van der Waals surface area contributed by atoms with Crippen LogP contribution < -0.4 is 10.1 Å². The van der Waals surface area contributed by atoms with Crippen LogP contribution in [0.1, 0.15) is 29.1 Å². The lowest BCUT2D eigenvalue weighted by atomic mass is 10.2. The molecule has 3 aromatic rings. The van der Waals surface area contributed by atoms with Crippen molar-refractivity contribution in [1.29, 1.82) is 0 Å². The molecule has 0 aliphatic heterocycles. The summed E-state index contributed by atoms with van der Waals surface area (Å²) in [7, 11) is 1.85. The second kappa shape index (κ2) is 10.5. The van der Waals surface area contributed by atoms with Crippen molar-refractivity contribution in [2.75, 3.05) is 24.3 Å². The van der Waals surface area contributed by atoms with Crippen LogP contribution in [0.2, 0.25) is 0 Å². The number of nitrogens with zero attached hydrogens (tertiary/aromatic N) is 3. The van der Waals surface area contributed by atoms with Crippen LogP contribution in [0.15, 0.2) is 35.5 Å². The number of hydrogen-bond donors (Lipinski definition) is 1. The van der Waals surface area contributed by atoms with E-state index in [1.54, 1.807) is 13.0 Å². The van der Waals surface area contributed by atoms with E-state index in [-0.39, 0.29) is 18.3 Å². The fraction of sp³-hybridized carbons (Fsp3) is 0.333. The predicted octanol–water partition coefficient (Wildman–Crippen LogP) is 4.16. The molecule has 0 aliphatic carbocycles.